The van der Waals surface area contributed by atoms with Gasteiger partial charge in [0, 0.05) is 7.05 Å². The molecule has 0 saturated carbocycles. The molecule has 27 heavy (non-hydrogen) atoms. The summed E-state index contributed by atoms with van der Waals surface area (Å²) in [5.74, 6) is -1.23. The molecular weight excluding hydrogens is 436 g/mol. The first-order valence-corrected chi connectivity index (χ1v) is 8.24. The molecule has 2 heterocycles. The van der Waals surface area contributed by atoms with Gasteiger partial charge < -0.3 is 9.32 Å². The molecule has 1 aromatic carbocycles. The standard InChI is InChI=1S/C16H11BrF4N4O2/c1-24(8-11-6-7-12(17)27-11)15(26)13-14(16(19,20)21)25(23-22-13)10-4-2-9(18)3-5-10/h2-7H,8H2,1H3. The van der Waals surface area contributed by atoms with Crippen molar-refractivity contribution in [3.63, 3.8) is 0 Å². The molecule has 3 aromatic rings. The quantitative estimate of drug-likeness (QED) is 0.567. The maximum Gasteiger partial charge on any atom is 0.435 e. The van der Waals surface area contributed by atoms with E-state index in [1.807, 2.05) is 0 Å². The Labute approximate surface area is 158 Å². The Morgan fingerprint density at radius 2 is 1.89 bits per heavy atom. The number of carbonyl (C=O) groups is 1. The van der Waals surface area contributed by atoms with Gasteiger partial charge in [-0.05, 0) is 52.3 Å². The molecule has 142 valence electrons. The van der Waals surface area contributed by atoms with Gasteiger partial charge in [0.2, 0.25) is 0 Å². The lowest BCUT2D eigenvalue weighted by atomic mass is 10.2. The molecule has 0 aliphatic rings. The van der Waals surface area contributed by atoms with Gasteiger partial charge >= 0.3 is 6.18 Å². The summed E-state index contributed by atoms with van der Waals surface area (Å²) in [6, 6.07) is 7.36. The summed E-state index contributed by atoms with van der Waals surface area (Å²) in [6.45, 7) is -0.0643. The lowest BCUT2D eigenvalue weighted by molar-refractivity contribution is -0.143. The molecule has 11 heteroatoms. The van der Waals surface area contributed by atoms with Crippen molar-refractivity contribution in [2.45, 2.75) is 12.7 Å². The fourth-order valence-electron chi connectivity index (χ4n) is 2.37. The van der Waals surface area contributed by atoms with E-state index >= 15 is 0 Å². The molecule has 0 fully saturated rings. The van der Waals surface area contributed by atoms with E-state index in [1.54, 1.807) is 12.1 Å². The van der Waals surface area contributed by atoms with E-state index in [0.717, 1.165) is 29.2 Å². The number of rotatable bonds is 4. The van der Waals surface area contributed by atoms with Crippen LogP contribution in [0.15, 0.2) is 45.5 Å². The third-order valence-electron chi connectivity index (χ3n) is 3.58. The maximum atomic E-state index is 13.6. The molecule has 0 bridgehead atoms. The van der Waals surface area contributed by atoms with E-state index in [1.165, 1.54) is 7.05 Å². The van der Waals surface area contributed by atoms with Gasteiger partial charge in [-0.25, -0.2) is 9.07 Å². The SMILES string of the molecule is CN(Cc1ccc(Br)o1)C(=O)c1nnn(-c2ccc(F)cc2)c1C(F)(F)F. The van der Waals surface area contributed by atoms with Crippen LogP contribution in [0.1, 0.15) is 21.9 Å². The highest BCUT2D eigenvalue weighted by Gasteiger charge is 2.42. The molecular formula is C16H11BrF4N4O2. The van der Waals surface area contributed by atoms with Gasteiger partial charge in [-0.2, -0.15) is 13.2 Å². The molecule has 0 N–H and O–H groups in total. The Kier molecular flexibility index (Phi) is 5.05. The third kappa shape index (κ3) is 4.02. The highest BCUT2D eigenvalue weighted by Crippen LogP contribution is 2.33. The number of nitrogens with zero attached hydrogens (tertiary/aromatic N) is 4. The number of benzene rings is 1. The molecule has 3 rings (SSSR count). The molecule has 0 saturated heterocycles. The average molecular weight is 447 g/mol. The first kappa shape index (κ1) is 19.1. The molecule has 0 aliphatic carbocycles. The minimum atomic E-state index is -4.91. The summed E-state index contributed by atoms with van der Waals surface area (Å²) >= 11 is 3.10. The normalized spacial score (nSPS) is 11.6. The highest BCUT2D eigenvalue weighted by molar-refractivity contribution is 9.10. The van der Waals surface area contributed by atoms with E-state index < -0.39 is 29.3 Å². The summed E-state index contributed by atoms with van der Waals surface area (Å²) in [5, 5.41) is 6.86. The van der Waals surface area contributed by atoms with Gasteiger partial charge in [-0.3, -0.25) is 4.79 Å². The maximum absolute atomic E-state index is 13.6. The summed E-state index contributed by atoms with van der Waals surface area (Å²) in [4.78, 5) is 13.5. The van der Waals surface area contributed by atoms with Gasteiger partial charge in [-0.1, -0.05) is 5.21 Å². The van der Waals surface area contributed by atoms with Crippen LogP contribution >= 0.6 is 15.9 Å². The summed E-state index contributed by atoms with van der Waals surface area (Å²) in [7, 11) is 1.32. The fraction of sp³-hybridized carbons (Fsp3) is 0.188. The topological polar surface area (TPSA) is 64.2 Å². The molecule has 0 aliphatic heterocycles. The second-order valence-electron chi connectivity index (χ2n) is 5.54. The minimum Gasteiger partial charge on any atom is -0.452 e. The van der Waals surface area contributed by atoms with Crippen molar-refractivity contribution in [3.8, 4) is 5.69 Å². The zero-order valence-corrected chi connectivity index (χ0v) is 15.3. The van der Waals surface area contributed by atoms with Crippen LogP contribution in [-0.2, 0) is 12.7 Å². The molecule has 6 nitrogen and oxygen atoms in total. The molecule has 0 unspecified atom stereocenters. The monoisotopic (exact) mass is 446 g/mol. The fourth-order valence-corrected chi connectivity index (χ4v) is 2.71. The van der Waals surface area contributed by atoms with E-state index in [-0.39, 0.29) is 12.2 Å². The minimum absolute atomic E-state index is 0.0643. The lowest BCUT2D eigenvalue weighted by Crippen LogP contribution is -2.29. The van der Waals surface area contributed by atoms with Crippen LogP contribution in [0.3, 0.4) is 0 Å². The molecule has 1 amide bonds. The second kappa shape index (κ2) is 7.14. The molecule has 0 spiro atoms. The van der Waals surface area contributed by atoms with Gasteiger partial charge in [0.15, 0.2) is 16.1 Å². The first-order valence-electron chi connectivity index (χ1n) is 7.45. The van der Waals surface area contributed by atoms with Crippen LogP contribution in [0.25, 0.3) is 5.69 Å². The summed E-state index contributed by atoms with van der Waals surface area (Å²) in [6.07, 6.45) is -4.91. The van der Waals surface area contributed by atoms with Crippen molar-refractivity contribution in [1.29, 1.82) is 0 Å². The predicted molar refractivity (Wildman–Crippen MR) is 88.5 cm³/mol. The summed E-state index contributed by atoms with van der Waals surface area (Å²) in [5.41, 5.74) is -2.28. The number of hydrogen-bond donors (Lipinski definition) is 0. The van der Waals surface area contributed by atoms with Gasteiger partial charge in [0.1, 0.15) is 11.6 Å². The van der Waals surface area contributed by atoms with E-state index in [9.17, 15) is 22.4 Å². The van der Waals surface area contributed by atoms with Crippen molar-refractivity contribution in [2.24, 2.45) is 0 Å². The third-order valence-corrected chi connectivity index (χ3v) is 4.01. The van der Waals surface area contributed by atoms with Crippen molar-refractivity contribution in [2.75, 3.05) is 7.05 Å². The Balaban J connectivity index is 1.97. The zero-order chi connectivity index (χ0) is 19.8. The zero-order valence-electron chi connectivity index (χ0n) is 13.7. The van der Waals surface area contributed by atoms with Crippen LogP contribution in [0.2, 0.25) is 0 Å². The van der Waals surface area contributed by atoms with Crippen molar-refractivity contribution in [3.05, 3.63) is 64.0 Å². The van der Waals surface area contributed by atoms with Crippen molar-refractivity contribution >= 4 is 21.8 Å². The van der Waals surface area contributed by atoms with Crippen LogP contribution in [-0.4, -0.2) is 32.8 Å². The number of carbonyl (C=O) groups excluding carboxylic acids is 1. The summed E-state index contributed by atoms with van der Waals surface area (Å²) < 4.78 is 60.0. The number of amides is 1. The number of alkyl halides is 3. The predicted octanol–water partition coefficient (Wildman–Crippen LogP) is 4.05. The van der Waals surface area contributed by atoms with Crippen LogP contribution in [0.5, 0.6) is 0 Å². The van der Waals surface area contributed by atoms with Crippen LogP contribution < -0.4 is 0 Å². The molecule has 2 aromatic heterocycles. The van der Waals surface area contributed by atoms with Gasteiger partial charge in [0.05, 0.1) is 12.2 Å². The van der Waals surface area contributed by atoms with Gasteiger partial charge in [-0.15, -0.1) is 5.10 Å². The Hall–Kier alpha value is -2.69. The Bertz CT molecular complexity index is 966. The van der Waals surface area contributed by atoms with E-state index in [2.05, 4.69) is 26.2 Å². The number of aromatic nitrogens is 3. The second-order valence-corrected chi connectivity index (χ2v) is 6.32. The van der Waals surface area contributed by atoms with E-state index in [4.69, 9.17) is 4.42 Å². The number of furan rings is 1. The average Bonchev–Trinajstić information content (AvgIpc) is 3.21. The highest BCUT2D eigenvalue weighted by atomic mass is 79.9. The number of halogens is 5. The Morgan fingerprint density at radius 3 is 2.44 bits per heavy atom. The first-order chi connectivity index (χ1) is 12.7. The lowest BCUT2D eigenvalue weighted by Gasteiger charge is -2.16. The van der Waals surface area contributed by atoms with Crippen molar-refractivity contribution in [1.82, 2.24) is 19.9 Å². The Morgan fingerprint density at radius 1 is 1.22 bits per heavy atom. The van der Waals surface area contributed by atoms with Crippen molar-refractivity contribution < 1.29 is 26.8 Å². The number of hydrogen-bond acceptors (Lipinski definition) is 4. The molecule has 0 atom stereocenters. The smallest absolute Gasteiger partial charge is 0.435 e. The van der Waals surface area contributed by atoms with Crippen LogP contribution in [0.4, 0.5) is 17.6 Å². The van der Waals surface area contributed by atoms with Gasteiger partial charge in [0.25, 0.3) is 5.91 Å². The molecule has 0 radical (unpaired) electrons. The van der Waals surface area contributed by atoms with Crippen LogP contribution in [0, 0.1) is 5.82 Å². The largest absolute Gasteiger partial charge is 0.452 e. The van der Waals surface area contributed by atoms with E-state index in [0.29, 0.717) is 15.1 Å².